The first-order chi connectivity index (χ1) is 12.1. The molecule has 2 heterocycles. The molecule has 25 heavy (non-hydrogen) atoms. The third-order valence-electron chi connectivity index (χ3n) is 3.63. The minimum Gasteiger partial charge on any atom is -0.453 e. The lowest BCUT2D eigenvalue weighted by atomic mass is 10.0. The number of carbonyl (C=O) groups excluding carboxylic acids is 1. The van der Waals surface area contributed by atoms with Gasteiger partial charge in [-0.3, -0.25) is 5.32 Å². The highest BCUT2D eigenvalue weighted by Gasteiger charge is 2.09. The molecule has 0 spiro atoms. The van der Waals surface area contributed by atoms with E-state index in [-0.39, 0.29) is 0 Å². The van der Waals surface area contributed by atoms with Gasteiger partial charge in [0, 0.05) is 29.2 Å². The zero-order valence-electron chi connectivity index (χ0n) is 13.9. The molecule has 2 aromatic heterocycles. The maximum absolute atomic E-state index is 11.3. The second-order valence-electron chi connectivity index (χ2n) is 5.39. The Labute approximate surface area is 144 Å². The number of carbonyl (C=O) groups is 1. The average molecular weight is 335 g/mol. The van der Waals surface area contributed by atoms with Gasteiger partial charge in [0.05, 0.1) is 12.8 Å². The molecule has 7 nitrogen and oxygen atoms in total. The van der Waals surface area contributed by atoms with Crippen LogP contribution >= 0.6 is 0 Å². The van der Waals surface area contributed by atoms with Crippen molar-refractivity contribution in [3.63, 3.8) is 0 Å². The lowest BCUT2D eigenvalue weighted by Crippen LogP contribution is -2.12. The standard InChI is InChI=1S/C18H17N5O2/c1-11-3-4-13(19)10-14(11)15-6-8-21-17(22-15)12-5-7-20-16(9-12)23-18(24)25-2/h3-10H,19H2,1-2H3,(H,20,23,24). The van der Waals surface area contributed by atoms with Crippen LogP contribution in [0.4, 0.5) is 16.3 Å². The number of benzene rings is 1. The fourth-order valence-electron chi connectivity index (χ4n) is 2.36. The van der Waals surface area contributed by atoms with Gasteiger partial charge in [-0.2, -0.15) is 0 Å². The molecule has 0 aliphatic heterocycles. The Morgan fingerprint density at radius 3 is 2.72 bits per heavy atom. The highest BCUT2D eigenvalue weighted by molar-refractivity contribution is 5.84. The maximum Gasteiger partial charge on any atom is 0.412 e. The normalized spacial score (nSPS) is 10.3. The number of methoxy groups -OCH3 is 1. The second-order valence-corrected chi connectivity index (χ2v) is 5.39. The molecule has 0 fully saturated rings. The maximum atomic E-state index is 11.3. The molecule has 0 aliphatic rings. The molecule has 7 heteroatoms. The van der Waals surface area contributed by atoms with E-state index in [9.17, 15) is 4.79 Å². The third kappa shape index (κ3) is 3.72. The number of ether oxygens (including phenoxy) is 1. The number of pyridine rings is 1. The largest absolute Gasteiger partial charge is 0.453 e. The number of rotatable bonds is 3. The number of nitrogen functional groups attached to an aromatic ring is 1. The lowest BCUT2D eigenvalue weighted by molar-refractivity contribution is 0.187. The van der Waals surface area contributed by atoms with Crippen molar-refractivity contribution in [1.29, 1.82) is 0 Å². The summed E-state index contributed by atoms with van der Waals surface area (Å²) in [6, 6.07) is 11.0. The van der Waals surface area contributed by atoms with Crippen molar-refractivity contribution in [1.82, 2.24) is 15.0 Å². The van der Waals surface area contributed by atoms with Gasteiger partial charge in [-0.25, -0.2) is 19.7 Å². The molecule has 126 valence electrons. The van der Waals surface area contributed by atoms with Crippen LogP contribution in [0.3, 0.4) is 0 Å². The van der Waals surface area contributed by atoms with E-state index in [0.29, 0.717) is 17.3 Å². The molecule has 0 saturated carbocycles. The molecule has 0 bridgehead atoms. The van der Waals surface area contributed by atoms with Crippen LogP contribution in [0.15, 0.2) is 48.8 Å². The Balaban J connectivity index is 1.98. The molecule has 3 aromatic rings. The van der Waals surface area contributed by atoms with E-state index in [2.05, 4.69) is 25.0 Å². The molecule has 3 rings (SSSR count). The number of nitrogens with two attached hydrogens (primary N) is 1. The van der Waals surface area contributed by atoms with E-state index in [4.69, 9.17) is 5.73 Å². The summed E-state index contributed by atoms with van der Waals surface area (Å²) in [5, 5.41) is 2.52. The van der Waals surface area contributed by atoms with Crippen molar-refractivity contribution in [2.45, 2.75) is 6.92 Å². The molecule has 3 N–H and O–H groups in total. The monoisotopic (exact) mass is 335 g/mol. The van der Waals surface area contributed by atoms with E-state index in [1.807, 2.05) is 31.2 Å². The van der Waals surface area contributed by atoms with Crippen LogP contribution in [-0.2, 0) is 4.74 Å². The first-order valence-electron chi connectivity index (χ1n) is 7.58. The number of hydrogen-bond acceptors (Lipinski definition) is 6. The smallest absolute Gasteiger partial charge is 0.412 e. The van der Waals surface area contributed by atoms with Gasteiger partial charge >= 0.3 is 6.09 Å². The number of amides is 1. The van der Waals surface area contributed by atoms with Crippen molar-refractivity contribution < 1.29 is 9.53 Å². The van der Waals surface area contributed by atoms with Crippen LogP contribution in [0, 0.1) is 6.92 Å². The second kappa shape index (κ2) is 6.96. The minimum absolute atomic E-state index is 0.360. The molecule has 0 saturated heterocycles. The van der Waals surface area contributed by atoms with E-state index >= 15 is 0 Å². The first kappa shape index (κ1) is 16.4. The average Bonchev–Trinajstić information content (AvgIpc) is 2.64. The minimum atomic E-state index is -0.588. The molecular formula is C18H17N5O2. The molecular weight excluding hydrogens is 318 g/mol. The number of aromatic nitrogens is 3. The highest BCUT2D eigenvalue weighted by atomic mass is 16.5. The summed E-state index contributed by atoms with van der Waals surface area (Å²) in [5.41, 5.74) is 10.1. The Morgan fingerprint density at radius 2 is 1.92 bits per heavy atom. The Bertz CT molecular complexity index is 927. The molecule has 0 unspecified atom stereocenters. The van der Waals surface area contributed by atoms with Gasteiger partial charge in [0.1, 0.15) is 5.82 Å². The molecule has 0 radical (unpaired) electrons. The van der Waals surface area contributed by atoms with Gasteiger partial charge in [-0.05, 0) is 42.8 Å². The predicted molar refractivity (Wildman–Crippen MR) is 95.9 cm³/mol. The van der Waals surface area contributed by atoms with Crippen LogP contribution in [0.5, 0.6) is 0 Å². The van der Waals surface area contributed by atoms with E-state index in [1.54, 1.807) is 24.5 Å². The molecule has 1 amide bonds. The fraction of sp³-hybridized carbons (Fsp3) is 0.111. The van der Waals surface area contributed by atoms with Gasteiger partial charge < -0.3 is 10.5 Å². The quantitative estimate of drug-likeness (QED) is 0.712. The topological polar surface area (TPSA) is 103 Å². The van der Waals surface area contributed by atoms with E-state index in [0.717, 1.165) is 22.4 Å². The van der Waals surface area contributed by atoms with Gasteiger partial charge in [-0.15, -0.1) is 0 Å². The zero-order valence-corrected chi connectivity index (χ0v) is 13.9. The van der Waals surface area contributed by atoms with Gasteiger partial charge in [0.15, 0.2) is 5.82 Å². The van der Waals surface area contributed by atoms with Crippen molar-refractivity contribution in [2.75, 3.05) is 18.2 Å². The Kier molecular flexibility index (Phi) is 4.56. The number of anilines is 2. The molecule has 0 atom stereocenters. The first-order valence-corrected chi connectivity index (χ1v) is 7.58. The van der Waals surface area contributed by atoms with Crippen molar-refractivity contribution in [3.05, 3.63) is 54.4 Å². The van der Waals surface area contributed by atoms with Gasteiger partial charge in [-0.1, -0.05) is 6.07 Å². The summed E-state index contributed by atoms with van der Waals surface area (Å²) in [6.07, 6.45) is 2.67. The van der Waals surface area contributed by atoms with E-state index < -0.39 is 6.09 Å². The number of nitrogens with zero attached hydrogens (tertiary/aromatic N) is 3. The lowest BCUT2D eigenvalue weighted by Gasteiger charge is -2.09. The summed E-state index contributed by atoms with van der Waals surface area (Å²) < 4.78 is 4.57. The molecule has 1 aromatic carbocycles. The van der Waals surface area contributed by atoms with Crippen molar-refractivity contribution in [2.24, 2.45) is 0 Å². The summed E-state index contributed by atoms with van der Waals surface area (Å²) in [5.74, 6) is 0.883. The predicted octanol–water partition coefficient (Wildman–Crippen LogP) is 3.27. The van der Waals surface area contributed by atoms with E-state index in [1.165, 1.54) is 7.11 Å². The summed E-state index contributed by atoms with van der Waals surface area (Å²) >= 11 is 0. The highest BCUT2D eigenvalue weighted by Crippen LogP contribution is 2.26. The summed E-state index contributed by atoms with van der Waals surface area (Å²) in [4.78, 5) is 24.3. The van der Waals surface area contributed by atoms with Crippen LogP contribution in [0.1, 0.15) is 5.56 Å². The van der Waals surface area contributed by atoms with Crippen molar-refractivity contribution in [3.8, 4) is 22.6 Å². The summed E-state index contributed by atoms with van der Waals surface area (Å²) in [6.45, 7) is 2.00. The van der Waals surface area contributed by atoms with Crippen LogP contribution < -0.4 is 11.1 Å². The van der Waals surface area contributed by atoms with Crippen molar-refractivity contribution >= 4 is 17.6 Å². The molecule has 0 aliphatic carbocycles. The number of aryl methyl sites for hydroxylation is 1. The Hall–Kier alpha value is -3.48. The van der Waals surface area contributed by atoms with Gasteiger partial charge in [0.25, 0.3) is 0 Å². The number of hydrogen-bond donors (Lipinski definition) is 2. The van der Waals surface area contributed by atoms with Gasteiger partial charge in [0.2, 0.25) is 0 Å². The van der Waals surface area contributed by atoms with Crippen LogP contribution in [0.2, 0.25) is 0 Å². The number of nitrogens with one attached hydrogen (secondary N) is 1. The Morgan fingerprint density at radius 1 is 1.12 bits per heavy atom. The summed E-state index contributed by atoms with van der Waals surface area (Å²) in [7, 11) is 1.29. The fourth-order valence-corrected chi connectivity index (χ4v) is 2.36. The third-order valence-corrected chi connectivity index (χ3v) is 3.63. The van der Waals surface area contributed by atoms with Crippen LogP contribution in [0.25, 0.3) is 22.6 Å². The zero-order chi connectivity index (χ0) is 17.8. The SMILES string of the molecule is COC(=O)Nc1cc(-c2nccc(-c3cc(N)ccc3C)n2)ccn1. The van der Waals surface area contributed by atoms with Crippen LogP contribution in [-0.4, -0.2) is 28.2 Å².